The molecule has 1 atom stereocenters. The maximum Gasteiger partial charge on any atom is 0.327 e. The summed E-state index contributed by atoms with van der Waals surface area (Å²) in [4.78, 5) is 14.8. The third-order valence-electron chi connectivity index (χ3n) is 8.62. The van der Waals surface area contributed by atoms with Crippen LogP contribution in [0.4, 0.5) is 10.5 Å². The highest BCUT2D eigenvalue weighted by Crippen LogP contribution is 2.31. The fourth-order valence-electron chi connectivity index (χ4n) is 6.02. The van der Waals surface area contributed by atoms with Crippen molar-refractivity contribution in [3.05, 3.63) is 111 Å². The number of urea groups is 1. The number of nitrogens with zero attached hydrogens (tertiary/aromatic N) is 2. The van der Waals surface area contributed by atoms with Gasteiger partial charge in [0.25, 0.3) is 0 Å². The van der Waals surface area contributed by atoms with Gasteiger partial charge in [-0.2, -0.15) is 4.31 Å². The predicted molar refractivity (Wildman–Crippen MR) is 187 cm³/mol. The minimum Gasteiger partial charge on any atom is -0.361 e. The van der Waals surface area contributed by atoms with E-state index in [9.17, 15) is 13.2 Å². The van der Waals surface area contributed by atoms with Crippen LogP contribution in [0.5, 0.6) is 0 Å². The Labute approximate surface area is 286 Å². The van der Waals surface area contributed by atoms with Crippen LogP contribution in [0, 0.1) is 0 Å². The highest BCUT2D eigenvalue weighted by molar-refractivity contribution is 7.89. The summed E-state index contributed by atoms with van der Waals surface area (Å²) >= 11 is 12.4. The van der Waals surface area contributed by atoms with Gasteiger partial charge in [0.1, 0.15) is 6.17 Å². The maximum absolute atomic E-state index is 14.1. The molecule has 13 heteroatoms. The average Bonchev–Trinajstić information content (AvgIpc) is 3.50. The van der Waals surface area contributed by atoms with Gasteiger partial charge < -0.3 is 27.0 Å². The SMILES string of the molecule is NCCCNCc1ccc(N2C=C3C=C(c4ccc(S(=O)(=O)N(Cc5ccc(Cl)c(Cl)c5)C5CCNCC5)cc4)NC3NC2=O)cc1. The molecule has 6 N–H and O–H groups in total. The number of nitrogens with two attached hydrogens (primary N) is 1. The minimum absolute atomic E-state index is 0.148. The molecule has 3 aromatic carbocycles. The summed E-state index contributed by atoms with van der Waals surface area (Å²) in [6, 6.07) is 19.6. The standard InChI is InChI=1S/C34H39Cl2N7O3S/c35-30-11-4-24(18-31(30)36)21-43(28-12-16-38-17-13-28)47(45,46)29-9-5-25(6-10-29)32-19-26-22-42(34(44)41-33(26)40-32)27-7-2-23(3-8-27)20-39-15-1-14-37/h2-11,18-19,22,28,33,38-40H,1,12-17,20-21,37H2,(H,41,44). The normalized spacial score (nSPS) is 18.4. The number of fused-ring (bicyclic) bond motifs is 1. The van der Waals surface area contributed by atoms with E-state index in [1.807, 2.05) is 42.6 Å². The number of rotatable bonds is 12. The molecule has 6 rings (SSSR count). The molecule has 1 unspecified atom stereocenters. The molecule has 10 nitrogen and oxygen atoms in total. The van der Waals surface area contributed by atoms with Crippen LogP contribution in [0.2, 0.25) is 10.0 Å². The predicted octanol–water partition coefficient (Wildman–Crippen LogP) is 4.76. The number of hydrogen-bond acceptors (Lipinski definition) is 7. The summed E-state index contributed by atoms with van der Waals surface area (Å²) < 4.78 is 29.7. The van der Waals surface area contributed by atoms with Crippen molar-refractivity contribution in [2.24, 2.45) is 5.73 Å². The van der Waals surface area contributed by atoms with Crippen molar-refractivity contribution in [1.82, 2.24) is 25.6 Å². The van der Waals surface area contributed by atoms with Gasteiger partial charge in [-0.25, -0.2) is 13.2 Å². The van der Waals surface area contributed by atoms with Crippen LogP contribution in [0.3, 0.4) is 0 Å². The first-order valence-electron chi connectivity index (χ1n) is 15.8. The van der Waals surface area contributed by atoms with Crippen molar-refractivity contribution in [1.29, 1.82) is 0 Å². The van der Waals surface area contributed by atoms with Crippen LogP contribution in [0.25, 0.3) is 5.70 Å². The lowest BCUT2D eigenvalue weighted by Crippen LogP contribution is -2.51. The van der Waals surface area contributed by atoms with Gasteiger partial charge in [0.2, 0.25) is 10.0 Å². The zero-order chi connectivity index (χ0) is 33.0. The van der Waals surface area contributed by atoms with E-state index >= 15 is 0 Å². The van der Waals surface area contributed by atoms with Crippen LogP contribution >= 0.6 is 23.2 Å². The van der Waals surface area contributed by atoms with Crippen LogP contribution in [0.1, 0.15) is 36.0 Å². The largest absolute Gasteiger partial charge is 0.361 e. The Morgan fingerprint density at radius 3 is 2.36 bits per heavy atom. The van der Waals surface area contributed by atoms with Gasteiger partial charge in [-0.1, -0.05) is 53.5 Å². The Morgan fingerprint density at radius 2 is 1.66 bits per heavy atom. The maximum atomic E-state index is 14.1. The lowest BCUT2D eigenvalue weighted by atomic mass is 10.1. The second-order valence-electron chi connectivity index (χ2n) is 11.9. The lowest BCUT2D eigenvalue weighted by Gasteiger charge is -2.34. The molecule has 0 bridgehead atoms. The molecule has 1 fully saturated rings. The second-order valence-corrected chi connectivity index (χ2v) is 14.6. The van der Waals surface area contributed by atoms with E-state index in [0.717, 1.165) is 66.2 Å². The van der Waals surface area contributed by atoms with E-state index in [-0.39, 0.29) is 29.7 Å². The Morgan fingerprint density at radius 1 is 0.936 bits per heavy atom. The van der Waals surface area contributed by atoms with Crippen LogP contribution in [-0.4, -0.2) is 57.1 Å². The monoisotopic (exact) mass is 695 g/mol. The number of piperidine rings is 1. The number of hydrogen-bond donors (Lipinski definition) is 5. The molecule has 0 spiro atoms. The van der Waals surface area contributed by atoms with Crippen molar-refractivity contribution in [3.8, 4) is 0 Å². The summed E-state index contributed by atoms with van der Waals surface area (Å²) in [5.74, 6) is 0. The summed E-state index contributed by atoms with van der Waals surface area (Å²) in [6.45, 7) is 3.94. The number of halogens is 2. The first kappa shape index (κ1) is 33.5. The van der Waals surface area contributed by atoms with Gasteiger partial charge in [-0.05, 0) is 105 Å². The molecule has 1 saturated heterocycles. The van der Waals surface area contributed by atoms with Crippen molar-refractivity contribution in [2.75, 3.05) is 31.1 Å². The Bertz CT molecular complexity index is 1760. The minimum atomic E-state index is -3.83. The quantitative estimate of drug-likeness (QED) is 0.173. The van der Waals surface area contributed by atoms with Gasteiger partial charge >= 0.3 is 6.03 Å². The van der Waals surface area contributed by atoms with E-state index in [1.165, 1.54) is 0 Å². The van der Waals surface area contributed by atoms with Crippen LogP contribution in [-0.2, 0) is 23.1 Å². The fourth-order valence-corrected chi connectivity index (χ4v) is 8.01. The first-order chi connectivity index (χ1) is 22.7. The molecular weight excluding hydrogens is 657 g/mol. The number of sulfonamides is 1. The molecule has 2 amide bonds. The van der Waals surface area contributed by atoms with Crippen molar-refractivity contribution in [2.45, 2.75) is 49.5 Å². The molecule has 0 saturated carbocycles. The number of carbonyl (C=O) groups is 1. The van der Waals surface area contributed by atoms with E-state index in [2.05, 4.69) is 21.3 Å². The Kier molecular flexibility index (Phi) is 10.5. The number of carbonyl (C=O) groups excluding carboxylic acids is 1. The number of amides is 2. The summed E-state index contributed by atoms with van der Waals surface area (Å²) in [5.41, 5.74) is 10.7. The molecule has 248 valence electrons. The van der Waals surface area contributed by atoms with Crippen molar-refractivity contribution >= 4 is 50.6 Å². The summed E-state index contributed by atoms with van der Waals surface area (Å²) in [7, 11) is -3.83. The first-order valence-corrected chi connectivity index (χ1v) is 18.0. The van der Waals surface area contributed by atoms with E-state index < -0.39 is 10.0 Å². The number of benzene rings is 3. The van der Waals surface area contributed by atoms with Gasteiger partial charge in [-0.3, -0.25) is 4.90 Å². The van der Waals surface area contributed by atoms with Crippen LogP contribution < -0.4 is 31.9 Å². The van der Waals surface area contributed by atoms with E-state index in [0.29, 0.717) is 29.4 Å². The Balaban J connectivity index is 1.18. The number of anilines is 1. The van der Waals surface area contributed by atoms with Gasteiger partial charge in [-0.15, -0.1) is 0 Å². The average molecular weight is 697 g/mol. The van der Waals surface area contributed by atoms with E-state index in [4.69, 9.17) is 28.9 Å². The molecule has 3 aromatic rings. The van der Waals surface area contributed by atoms with Crippen molar-refractivity contribution < 1.29 is 13.2 Å². The molecule has 47 heavy (non-hydrogen) atoms. The molecule has 0 aliphatic carbocycles. The van der Waals surface area contributed by atoms with Crippen LogP contribution in [0.15, 0.2) is 89.5 Å². The highest BCUT2D eigenvalue weighted by atomic mass is 35.5. The highest BCUT2D eigenvalue weighted by Gasteiger charge is 2.34. The smallest absolute Gasteiger partial charge is 0.327 e. The molecule has 3 aliphatic heterocycles. The number of nitrogens with one attached hydrogen (secondary N) is 4. The molecule has 3 heterocycles. The zero-order valence-electron chi connectivity index (χ0n) is 25.9. The van der Waals surface area contributed by atoms with Gasteiger partial charge in [0, 0.05) is 36.6 Å². The molecule has 0 aromatic heterocycles. The summed E-state index contributed by atoms with van der Waals surface area (Å²) in [5, 5.41) is 13.9. The lowest BCUT2D eigenvalue weighted by molar-refractivity contribution is 0.244. The van der Waals surface area contributed by atoms with Crippen molar-refractivity contribution in [3.63, 3.8) is 0 Å². The van der Waals surface area contributed by atoms with E-state index in [1.54, 1.807) is 45.6 Å². The second kappa shape index (κ2) is 14.8. The third-order valence-corrected chi connectivity index (χ3v) is 11.3. The molecule has 3 aliphatic rings. The molecular formula is C34H39Cl2N7O3S. The zero-order valence-corrected chi connectivity index (χ0v) is 28.2. The topological polar surface area (TPSA) is 132 Å². The third kappa shape index (κ3) is 7.68. The van der Waals surface area contributed by atoms with Gasteiger partial charge in [0.05, 0.1) is 20.6 Å². The fraction of sp³-hybridized carbons (Fsp3) is 0.324. The summed E-state index contributed by atoms with van der Waals surface area (Å²) in [6.07, 6.45) is 5.77. The van der Waals surface area contributed by atoms with Gasteiger partial charge in [0.15, 0.2) is 0 Å². The molecule has 0 radical (unpaired) electrons. The Hall–Kier alpha value is -3.42.